The molecule has 0 radical (unpaired) electrons. The molecule has 0 spiro atoms. The van der Waals surface area contributed by atoms with Crippen LogP contribution in [0.1, 0.15) is 30.0 Å². The van der Waals surface area contributed by atoms with Crippen LogP contribution in [0.2, 0.25) is 0 Å². The van der Waals surface area contributed by atoms with Gasteiger partial charge >= 0.3 is 5.97 Å². The van der Waals surface area contributed by atoms with Gasteiger partial charge in [-0.1, -0.05) is 26.0 Å². The van der Waals surface area contributed by atoms with Gasteiger partial charge in [-0.05, 0) is 32.1 Å². The van der Waals surface area contributed by atoms with E-state index in [4.69, 9.17) is 4.74 Å². The predicted octanol–water partition coefficient (Wildman–Crippen LogP) is 2.44. The minimum atomic E-state index is -0.405. The summed E-state index contributed by atoms with van der Waals surface area (Å²) >= 11 is 0. The molecule has 1 aromatic heterocycles. The Balaban J connectivity index is 2.07. The highest BCUT2D eigenvalue weighted by atomic mass is 16.5. The number of aryl methyl sites for hydroxylation is 1. The first-order valence-electron chi connectivity index (χ1n) is 7.28. The van der Waals surface area contributed by atoms with E-state index in [1.165, 1.54) is 0 Å². The topological polar surface area (TPSA) is 55.3 Å². The Morgan fingerprint density at radius 1 is 1.14 bits per heavy atom. The normalized spacial score (nSPS) is 11.0. The van der Waals surface area contributed by atoms with Gasteiger partial charge in [0.1, 0.15) is 6.61 Å². The molecule has 2 aromatic rings. The molecule has 5 heteroatoms. The average molecular weight is 287 g/mol. The number of carbonyl (C=O) groups excluding carboxylic acids is 1. The first-order valence-corrected chi connectivity index (χ1v) is 7.28. The van der Waals surface area contributed by atoms with Gasteiger partial charge in [0, 0.05) is 6.54 Å². The van der Waals surface area contributed by atoms with E-state index in [2.05, 4.69) is 28.7 Å². The lowest BCUT2D eigenvalue weighted by Gasteiger charge is -2.17. The SMILES string of the molecule is CCN(CC)CCOC(=O)c1nc2ccccc2nc1C. The first-order chi connectivity index (χ1) is 10.2. The predicted molar refractivity (Wildman–Crippen MR) is 82.3 cm³/mol. The van der Waals surface area contributed by atoms with E-state index >= 15 is 0 Å². The van der Waals surface area contributed by atoms with Gasteiger partial charge in [-0.2, -0.15) is 0 Å². The minimum Gasteiger partial charge on any atom is -0.460 e. The zero-order valence-electron chi connectivity index (χ0n) is 12.8. The van der Waals surface area contributed by atoms with Gasteiger partial charge in [-0.3, -0.25) is 0 Å². The lowest BCUT2D eigenvalue weighted by molar-refractivity contribution is 0.0458. The van der Waals surface area contributed by atoms with Crippen molar-refractivity contribution in [2.75, 3.05) is 26.2 Å². The van der Waals surface area contributed by atoms with Crippen LogP contribution in [0.4, 0.5) is 0 Å². The average Bonchev–Trinajstić information content (AvgIpc) is 2.50. The Kier molecular flexibility index (Phi) is 5.22. The van der Waals surface area contributed by atoms with Crippen molar-refractivity contribution in [3.8, 4) is 0 Å². The van der Waals surface area contributed by atoms with Crippen LogP contribution in [0.3, 0.4) is 0 Å². The van der Waals surface area contributed by atoms with Crippen LogP contribution in [0.15, 0.2) is 24.3 Å². The molecule has 0 aliphatic rings. The lowest BCUT2D eigenvalue weighted by Crippen LogP contribution is -2.28. The molecule has 1 aromatic carbocycles. The number of esters is 1. The molecule has 5 nitrogen and oxygen atoms in total. The molecule has 0 N–H and O–H groups in total. The summed E-state index contributed by atoms with van der Waals surface area (Å²) in [5, 5.41) is 0. The number of fused-ring (bicyclic) bond motifs is 1. The van der Waals surface area contributed by atoms with E-state index in [1.807, 2.05) is 24.3 Å². The second kappa shape index (κ2) is 7.13. The third-order valence-electron chi connectivity index (χ3n) is 3.47. The zero-order chi connectivity index (χ0) is 15.2. The van der Waals surface area contributed by atoms with E-state index in [0.29, 0.717) is 23.5 Å². The zero-order valence-corrected chi connectivity index (χ0v) is 12.8. The summed E-state index contributed by atoms with van der Waals surface area (Å²) in [6.45, 7) is 8.95. The van der Waals surface area contributed by atoms with Crippen LogP contribution < -0.4 is 0 Å². The monoisotopic (exact) mass is 287 g/mol. The van der Waals surface area contributed by atoms with Crippen molar-refractivity contribution in [1.29, 1.82) is 0 Å². The van der Waals surface area contributed by atoms with E-state index in [-0.39, 0.29) is 0 Å². The van der Waals surface area contributed by atoms with Gasteiger partial charge in [0.15, 0.2) is 5.69 Å². The van der Waals surface area contributed by atoms with E-state index in [1.54, 1.807) is 6.92 Å². The summed E-state index contributed by atoms with van der Waals surface area (Å²) in [6, 6.07) is 7.50. The molecule has 2 rings (SSSR count). The van der Waals surface area contributed by atoms with Crippen LogP contribution in [0, 0.1) is 6.92 Å². The molecule has 0 saturated carbocycles. The highest BCUT2D eigenvalue weighted by molar-refractivity contribution is 5.90. The fraction of sp³-hybridized carbons (Fsp3) is 0.438. The molecule has 112 valence electrons. The number of aromatic nitrogens is 2. The van der Waals surface area contributed by atoms with Gasteiger partial charge < -0.3 is 9.64 Å². The van der Waals surface area contributed by atoms with Crippen LogP contribution >= 0.6 is 0 Å². The van der Waals surface area contributed by atoms with Crippen molar-refractivity contribution in [1.82, 2.24) is 14.9 Å². The van der Waals surface area contributed by atoms with Crippen LogP contribution in [-0.2, 0) is 4.74 Å². The van der Waals surface area contributed by atoms with Gasteiger partial charge in [0.2, 0.25) is 0 Å². The number of benzene rings is 1. The molecule has 0 bridgehead atoms. The van der Waals surface area contributed by atoms with Crippen molar-refractivity contribution in [2.45, 2.75) is 20.8 Å². The Labute approximate surface area is 125 Å². The molecule has 0 unspecified atom stereocenters. The second-order valence-corrected chi connectivity index (χ2v) is 4.81. The highest BCUT2D eigenvalue weighted by Crippen LogP contribution is 2.13. The molecular formula is C16H21N3O2. The Morgan fingerprint density at radius 2 is 1.76 bits per heavy atom. The highest BCUT2D eigenvalue weighted by Gasteiger charge is 2.15. The molecule has 0 amide bonds. The molecule has 0 aliphatic heterocycles. The number of para-hydroxylation sites is 2. The number of likely N-dealkylation sites (N-methyl/N-ethyl adjacent to an activating group) is 1. The first kappa shape index (κ1) is 15.4. The number of carbonyl (C=O) groups is 1. The molecular weight excluding hydrogens is 266 g/mol. The van der Waals surface area contributed by atoms with Crippen LogP contribution in [0.25, 0.3) is 11.0 Å². The lowest BCUT2D eigenvalue weighted by atomic mass is 10.2. The summed E-state index contributed by atoms with van der Waals surface area (Å²) in [7, 11) is 0. The van der Waals surface area contributed by atoms with Crippen molar-refractivity contribution in [2.24, 2.45) is 0 Å². The quantitative estimate of drug-likeness (QED) is 0.764. The summed E-state index contributed by atoms with van der Waals surface area (Å²) in [6.07, 6.45) is 0. The van der Waals surface area contributed by atoms with Crippen molar-refractivity contribution < 1.29 is 9.53 Å². The van der Waals surface area contributed by atoms with Crippen molar-refractivity contribution in [3.05, 3.63) is 35.7 Å². The maximum Gasteiger partial charge on any atom is 0.358 e. The molecule has 0 saturated heterocycles. The smallest absolute Gasteiger partial charge is 0.358 e. The second-order valence-electron chi connectivity index (χ2n) is 4.81. The van der Waals surface area contributed by atoms with Crippen LogP contribution in [-0.4, -0.2) is 47.1 Å². The number of ether oxygens (including phenoxy) is 1. The Hall–Kier alpha value is -2.01. The van der Waals surface area contributed by atoms with Gasteiger partial charge in [-0.25, -0.2) is 14.8 Å². The standard InChI is InChI=1S/C16H21N3O2/c1-4-19(5-2)10-11-21-16(20)15-12(3)17-13-8-6-7-9-14(13)18-15/h6-9H,4-5,10-11H2,1-3H3. The summed E-state index contributed by atoms with van der Waals surface area (Å²) < 4.78 is 5.31. The van der Waals surface area contributed by atoms with E-state index < -0.39 is 5.97 Å². The number of hydrogen-bond acceptors (Lipinski definition) is 5. The maximum atomic E-state index is 12.1. The van der Waals surface area contributed by atoms with E-state index in [0.717, 1.165) is 25.2 Å². The van der Waals surface area contributed by atoms with Crippen LogP contribution in [0.5, 0.6) is 0 Å². The van der Waals surface area contributed by atoms with Gasteiger partial charge in [0.25, 0.3) is 0 Å². The molecule has 21 heavy (non-hydrogen) atoms. The summed E-state index contributed by atoms with van der Waals surface area (Å²) in [5.41, 5.74) is 2.39. The number of rotatable bonds is 6. The fourth-order valence-corrected chi connectivity index (χ4v) is 2.16. The van der Waals surface area contributed by atoms with Crippen molar-refractivity contribution in [3.63, 3.8) is 0 Å². The Bertz CT molecular complexity index is 624. The number of hydrogen-bond donors (Lipinski definition) is 0. The molecule has 1 heterocycles. The van der Waals surface area contributed by atoms with Crippen molar-refractivity contribution >= 4 is 17.0 Å². The largest absolute Gasteiger partial charge is 0.460 e. The summed E-state index contributed by atoms with van der Waals surface area (Å²) in [4.78, 5) is 23.1. The Morgan fingerprint density at radius 3 is 2.38 bits per heavy atom. The number of nitrogens with zero attached hydrogens (tertiary/aromatic N) is 3. The molecule has 0 aliphatic carbocycles. The fourth-order valence-electron chi connectivity index (χ4n) is 2.16. The van der Waals surface area contributed by atoms with Gasteiger partial charge in [0.05, 0.1) is 16.7 Å². The third kappa shape index (κ3) is 3.76. The maximum absolute atomic E-state index is 12.1. The molecule has 0 atom stereocenters. The molecule has 0 fully saturated rings. The van der Waals surface area contributed by atoms with E-state index in [9.17, 15) is 4.79 Å². The summed E-state index contributed by atoms with van der Waals surface area (Å²) in [5.74, 6) is -0.405. The third-order valence-corrected chi connectivity index (χ3v) is 3.47. The van der Waals surface area contributed by atoms with Gasteiger partial charge in [-0.15, -0.1) is 0 Å². The minimum absolute atomic E-state index is 0.299.